The number of hydrogen-bond acceptors (Lipinski definition) is 5. The molecule has 0 N–H and O–H groups in total. The maximum absolute atomic E-state index is 7.02. The molecule has 0 aliphatic heterocycles. The molecule has 0 atom stereocenters. The summed E-state index contributed by atoms with van der Waals surface area (Å²) in [4.78, 5) is 15.3. The molecule has 4 heterocycles. The summed E-state index contributed by atoms with van der Waals surface area (Å²) in [6, 6.07) is 62.5. The van der Waals surface area contributed by atoms with Gasteiger partial charge in [-0.2, -0.15) is 0 Å². The highest BCUT2D eigenvalue weighted by Gasteiger charge is 2.24. The van der Waals surface area contributed by atoms with Crippen LogP contribution in [0, 0.1) is 0 Å². The van der Waals surface area contributed by atoms with Gasteiger partial charge < -0.3 is 13.4 Å². The van der Waals surface area contributed by atoms with E-state index in [0.29, 0.717) is 17.5 Å². The Kier molecular flexibility index (Phi) is 6.83. The summed E-state index contributed by atoms with van der Waals surface area (Å²) in [6.07, 6.45) is 0. The maximum Gasteiger partial charge on any atom is 0.164 e. The lowest BCUT2D eigenvalue weighted by atomic mass is 9.99. The Hall–Kier alpha value is -7.83. The lowest BCUT2D eigenvalue weighted by molar-refractivity contribution is 0.666. The molecule has 12 rings (SSSR count). The van der Waals surface area contributed by atoms with E-state index in [9.17, 15) is 0 Å². The van der Waals surface area contributed by atoms with E-state index in [2.05, 4.69) is 102 Å². The number of furan rings is 2. The van der Waals surface area contributed by atoms with Crippen molar-refractivity contribution in [3.05, 3.63) is 182 Å². The number of hydrogen-bond donors (Lipinski definition) is 0. The van der Waals surface area contributed by atoms with Crippen molar-refractivity contribution in [3.63, 3.8) is 0 Å². The minimum atomic E-state index is 0.578. The predicted molar refractivity (Wildman–Crippen MR) is 230 cm³/mol. The van der Waals surface area contributed by atoms with Gasteiger partial charge >= 0.3 is 0 Å². The summed E-state index contributed by atoms with van der Waals surface area (Å²) in [5.41, 5.74) is 11.2. The molecule has 4 aromatic heterocycles. The van der Waals surface area contributed by atoms with E-state index in [1.165, 1.54) is 0 Å². The molecule has 6 nitrogen and oxygen atoms in total. The van der Waals surface area contributed by atoms with Gasteiger partial charge in [0.25, 0.3) is 0 Å². The average molecular weight is 731 g/mol. The minimum absolute atomic E-state index is 0.578. The fourth-order valence-electron chi connectivity index (χ4n) is 8.52. The molecule has 0 saturated carbocycles. The molecule has 6 heteroatoms. The van der Waals surface area contributed by atoms with Gasteiger partial charge in [-0.1, -0.05) is 140 Å². The number of nitrogens with zero attached hydrogens (tertiary/aromatic N) is 4. The van der Waals surface area contributed by atoms with E-state index in [4.69, 9.17) is 23.8 Å². The largest absolute Gasteiger partial charge is 0.456 e. The van der Waals surface area contributed by atoms with Gasteiger partial charge in [-0.25, -0.2) is 15.0 Å². The van der Waals surface area contributed by atoms with Crippen molar-refractivity contribution in [3.8, 4) is 51.0 Å². The predicted octanol–water partition coefficient (Wildman–Crippen LogP) is 13.4. The molecule has 0 radical (unpaired) electrons. The third kappa shape index (κ3) is 4.87. The van der Waals surface area contributed by atoms with Crippen LogP contribution in [0.5, 0.6) is 0 Å². The van der Waals surface area contributed by atoms with Crippen LogP contribution in [0.2, 0.25) is 0 Å². The highest BCUT2D eigenvalue weighted by molar-refractivity contribution is 6.28. The summed E-state index contributed by atoms with van der Waals surface area (Å²) >= 11 is 0. The maximum atomic E-state index is 7.02. The van der Waals surface area contributed by atoms with Gasteiger partial charge in [-0.3, -0.25) is 0 Å². The van der Waals surface area contributed by atoms with Crippen molar-refractivity contribution in [2.45, 2.75) is 0 Å². The Morgan fingerprint density at radius 1 is 0.351 bits per heavy atom. The van der Waals surface area contributed by atoms with Crippen LogP contribution >= 0.6 is 0 Å². The number of benzene rings is 8. The van der Waals surface area contributed by atoms with Crippen molar-refractivity contribution >= 4 is 65.7 Å². The standard InChI is InChI=1S/C51H30N4O2/c1-4-15-31(16-5-1)34-29-38-45-37(51-53-49(32-17-6-2-7-18-32)52-50(54-51)33-19-8-3-9-20-33)23-14-26-43(45)57-48(38)41(30-34)55-39-24-12-10-21-35(39)46-40(55)27-28-44-47(46)36-22-11-13-25-42(36)56-44/h1-30H. The zero-order valence-corrected chi connectivity index (χ0v) is 30.4. The highest BCUT2D eigenvalue weighted by atomic mass is 16.3. The average Bonchev–Trinajstić information content (AvgIpc) is 3.96. The normalized spacial score (nSPS) is 11.9. The Balaban J connectivity index is 1.19. The Morgan fingerprint density at radius 3 is 1.68 bits per heavy atom. The zero-order chi connectivity index (χ0) is 37.5. The monoisotopic (exact) mass is 730 g/mol. The highest BCUT2D eigenvalue weighted by Crippen LogP contribution is 2.45. The molecule has 0 spiro atoms. The summed E-state index contributed by atoms with van der Waals surface area (Å²) in [5.74, 6) is 1.80. The van der Waals surface area contributed by atoms with E-state index < -0.39 is 0 Å². The van der Waals surface area contributed by atoms with E-state index in [-0.39, 0.29) is 0 Å². The molecular formula is C51H30N4O2. The van der Waals surface area contributed by atoms with Gasteiger partial charge in [-0.05, 0) is 53.6 Å². The summed E-state index contributed by atoms with van der Waals surface area (Å²) in [6.45, 7) is 0. The van der Waals surface area contributed by atoms with Crippen molar-refractivity contribution < 1.29 is 8.83 Å². The molecule has 0 aliphatic rings. The molecular weight excluding hydrogens is 701 g/mol. The van der Waals surface area contributed by atoms with Crippen molar-refractivity contribution in [2.75, 3.05) is 0 Å². The van der Waals surface area contributed by atoms with Crippen LogP contribution < -0.4 is 0 Å². The van der Waals surface area contributed by atoms with Gasteiger partial charge in [0.1, 0.15) is 16.7 Å². The first-order valence-electron chi connectivity index (χ1n) is 19.0. The number of aromatic nitrogens is 4. The lowest BCUT2D eigenvalue weighted by Gasteiger charge is -2.12. The van der Waals surface area contributed by atoms with Crippen LogP contribution in [0.1, 0.15) is 0 Å². The second-order valence-corrected chi connectivity index (χ2v) is 14.3. The van der Waals surface area contributed by atoms with Gasteiger partial charge in [0, 0.05) is 49.0 Å². The molecule has 12 aromatic rings. The SMILES string of the molecule is c1ccc(-c2cc(-n3c4ccccc4c4c5c(ccc43)oc3ccccc35)c3oc4cccc(-c5nc(-c6ccccc6)nc(-c6ccccc6)n5)c4c3c2)cc1. The first-order valence-corrected chi connectivity index (χ1v) is 19.0. The van der Waals surface area contributed by atoms with E-state index in [0.717, 1.165) is 99.2 Å². The Morgan fingerprint density at radius 2 is 0.947 bits per heavy atom. The quantitative estimate of drug-likeness (QED) is 0.176. The smallest absolute Gasteiger partial charge is 0.164 e. The second kappa shape index (κ2) is 12.3. The zero-order valence-electron chi connectivity index (χ0n) is 30.4. The van der Waals surface area contributed by atoms with Gasteiger partial charge in [0.05, 0.1) is 16.7 Å². The minimum Gasteiger partial charge on any atom is -0.456 e. The van der Waals surface area contributed by atoms with E-state index in [1.807, 2.05) is 84.9 Å². The third-order valence-electron chi connectivity index (χ3n) is 11.0. The number of rotatable bonds is 5. The molecule has 57 heavy (non-hydrogen) atoms. The fourth-order valence-corrected chi connectivity index (χ4v) is 8.52. The molecule has 0 fully saturated rings. The first-order chi connectivity index (χ1) is 28.3. The Labute approximate surface area is 325 Å². The molecule has 0 aliphatic carbocycles. The van der Waals surface area contributed by atoms with Crippen molar-refractivity contribution in [2.24, 2.45) is 0 Å². The van der Waals surface area contributed by atoms with Crippen molar-refractivity contribution in [1.29, 1.82) is 0 Å². The van der Waals surface area contributed by atoms with Crippen LogP contribution in [-0.4, -0.2) is 19.5 Å². The van der Waals surface area contributed by atoms with Gasteiger partial charge in [-0.15, -0.1) is 0 Å². The molecule has 8 aromatic carbocycles. The van der Waals surface area contributed by atoms with Gasteiger partial charge in [0.2, 0.25) is 0 Å². The van der Waals surface area contributed by atoms with Crippen LogP contribution in [0.25, 0.3) is 117 Å². The third-order valence-corrected chi connectivity index (χ3v) is 11.0. The van der Waals surface area contributed by atoms with E-state index >= 15 is 0 Å². The summed E-state index contributed by atoms with van der Waals surface area (Å²) in [5, 5.41) is 6.42. The van der Waals surface area contributed by atoms with Crippen LogP contribution in [0.4, 0.5) is 0 Å². The van der Waals surface area contributed by atoms with Crippen LogP contribution in [0.15, 0.2) is 191 Å². The number of fused-ring (bicyclic) bond motifs is 10. The Bertz CT molecular complexity index is 3450. The van der Waals surface area contributed by atoms with E-state index in [1.54, 1.807) is 0 Å². The molecule has 0 bridgehead atoms. The molecule has 0 saturated heterocycles. The molecule has 266 valence electrons. The summed E-state index contributed by atoms with van der Waals surface area (Å²) in [7, 11) is 0. The van der Waals surface area contributed by atoms with Gasteiger partial charge in [0.15, 0.2) is 23.1 Å². The van der Waals surface area contributed by atoms with Crippen molar-refractivity contribution in [1.82, 2.24) is 19.5 Å². The second-order valence-electron chi connectivity index (χ2n) is 14.3. The fraction of sp³-hybridized carbons (Fsp3) is 0. The van der Waals surface area contributed by atoms with Crippen LogP contribution in [0.3, 0.4) is 0 Å². The van der Waals surface area contributed by atoms with Crippen LogP contribution in [-0.2, 0) is 0 Å². The molecule has 0 unspecified atom stereocenters. The first kappa shape index (κ1) is 31.5. The number of para-hydroxylation sites is 2. The topological polar surface area (TPSA) is 69.9 Å². The summed E-state index contributed by atoms with van der Waals surface area (Å²) < 4.78 is 15.8. The lowest BCUT2D eigenvalue weighted by Crippen LogP contribution is -2.00. The molecule has 0 amide bonds.